The van der Waals surface area contributed by atoms with Crippen molar-refractivity contribution in [3.63, 3.8) is 0 Å². The van der Waals surface area contributed by atoms with Crippen LogP contribution in [0.2, 0.25) is 0 Å². The van der Waals surface area contributed by atoms with E-state index in [1.807, 2.05) is 6.92 Å². The van der Waals surface area contributed by atoms with Crippen molar-refractivity contribution >= 4 is 0 Å². The number of halogens is 3. The summed E-state index contributed by atoms with van der Waals surface area (Å²) in [6.45, 7) is 9.21. The zero-order chi connectivity index (χ0) is 20.3. The third-order valence-corrected chi connectivity index (χ3v) is 5.47. The molecule has 27 heavy (non-hydrogen) atoms. The third-order valence-electron chi connectivity index (χ3n) is 5.47. The molecule has 0 aromatic heterocycles. The predicted octanol–water partition coefficient (Wildman–Crippen LogP) is 7.82. The first kappa shape index (κ1) is 24.0. The van der Waals surface area contributed by atoms with Crippen LogP contribution in [0.5, 0.6) is 0 Å². The van der Waals surface area contributed by atoms with Crippen LogP contribution in [0.15, 0.2) is 24.3 Å². The Morgan fingerprint density at radius 2 is 1.44 bits per heavy atom. The molecule has 1 nitrogen and oxygen atoms in total. The molecule has 0 aliphatic carbocycles. The van der Waals surface area contributed by atoms with Crippen LogP contribution in [0.3, 0.4) is 0 Å². The first-order chi connectivity index (χ1) is 12.7. The SMILES string of the molecule is CCCCCCCCC(CCc1ccc(C(F)(F)F)cc1)C(C)(C)OCC. The number of aryl methyl sites for hydroxylation is 1. The molecule has 1 rings (SSSR count). The van der Waals surface area contributed by atoms with Gasteiger partial charge in [-0.2, -0.15) is 13.2 Å². The zero-order valence-corrected chi connectivity index (χ0v) is 17.5. The molecule has 1 atom stereocenters. The van der Waals surface area contributed by atoms with E-state index in [-0.39, 0.29) is 5.60 Å². The Labute approximate surface area is 163 Å². The van der Waals surface area contributed by atoms with Gasteiger partial charge in [0.2, 0.25) is 0 Å². The lowest BCUT2D eigenvalue weighted by molar-refractivity contribution is -0.137. The van der Waals surface area contributed by atoms with Crippen molar-refractivity contribution in [1.82, 2.24) is 0 Å². The number of alkyl halides is 3. The Kier molecular flexibility index (Phi) is 10.4. The van der Waals surface area contributed by atoms with E-state index in [1.54, 1.807) is 12.1 Å². The highest BCUT2D eigenvalue weighted by molar-refractivity contribution is 5.24. The van der Waals surface area contributed by atoms with Crippen molar-refractivity contribution in [3.05, 3.63) is 35.4 Å². The molecule has 0 saturated carbocycles. The van der Waals surface area contributed by atoms with E-state index in [9.17, 15) is 13.2 Å². The molecule has 0 N–H and O–H groups in total. The fraction of sp³-hybridized carbons (Fsp3) is 0.739. The number of rotatable bonds is 13. The van der Waals surface area contributed by atoms with Crippen molar-refractivity contribution in [2.24, 2.45) is 5.92 Å². The Balaban J connectivity index is 2.60. The lowest BCUT2D eigenvalue weighted by Gasteiger charge is -2.34. The highest BCUT2D eigenvalue weighted by Gasteiger charge is 2.31. The molecule has 0 amide bonds. The fourth-order valence-corrected chi connectivity index (χ4v) is 3.70. The molecule has 0 aliphatic heterocycles. The van der Waals surface area contributed by atoms with E-state index in [4.69, 9.17) is 4.74 Å². The van der Waals surface area contributed by atoms with E-state index in [0.29, 0.717) is 12.5 Å². The summed E-state index contributed by atoms with van der Waals surface area (Å²) < 4.78 is 44.1. The second-order valence-electron chi connectivity index (χ2n) is 8.02. The largest absolute Gasteiger partial charge is 0.416 e. The Bertz CT molecular complexity index is 505. The first-order valence-electron chi connectivity index (χ1n) is 10.5. The maximum absolute atomic E-state index is 12.7. The molecule has 1 unspecified atom stereocenters. The van der Waals surface area contributed by atoms with E-state index in [1.165, 1.54) is 50.7 Å². The molecule has 0 saturated heterocycles. The van der Waals surface area contributed by atoms with Gasteiger partial charge in [-0.1, -0.05) is 57.6 Å². The van der Waals surface area contributed by atoms with E-state index in [2.05, 4.69) is 20.8 Å². The monoisotopic (exact) mass is 386 g/mol. The van der Waals surface area contributed by atoms with Crippen molar-refractivity contribution < 1.29 is 17.9 Å². The average Bonchev–Trinajstić information content (AvgIpc) is 2.59. The average molecular weight is 387 g/mol. The maximum atomic E-state index is 12.7. The van der Waals surface area contributed by atoms with Gasteiger partial charge in [-0.25, -0.2) is 0 Å². The highest BCUT2D eigenvalue weighted by atomic mass is 19.4. The van der Waals surface area contributed by atoms with E-state index < -0.39 is 11.7 Å². The minimum atomic E-state index is -4.27. The second kappa shape index (κ2) is 11.7. The van der Waals surface area contributed by atoms with Gasteiger partial charge in [-0.3, -0.25) is 0 Å². The van der Waals surface area contributed by atoms with Crippen LogP contribution in [0, 0.1) is 5.92 Å². The Morgan fingerprint density at radius 1 is 0.852 bits per heavy atom. The standard InChI is InChI=1S/C23H37F3O/c1-5-7-8-9-10-11-12-20(22(3,4)27-6-2)16-13-19-14-17-21(18-15-19)23(24,25)26/h14-15,17-18,20H,5-13,16H2,1-4H3. The Morgan fingerprint density at radius 3 is 2.00 bits per heavy atom. The smallest absolute Gasteiger partial charge is 0.376 e. The summed E-state index contributed by atoms with van der Waals surface area (Å²) in [6.07, 6.45) is 6.17. The van der Waals surface area contributed by atoms with Gasteiger partial charge in [-0.15, -0.1) is 0 Å². The minimum Gasteiger partial charge on any atom is -0.376 e. The van der Waals surface area contributed by atoms with Crippen LogP contribution >= 0.6 is 0 Å². The molecule has 0 fully saturated rings. The van der Waals surface area contributed by atoms with Crippen molar-refractivity contribution in [1.29, 1.82) is 0 Å². The van der Waals surface area contributed by atoms with Crippen molar-refractivity contribution in [2.75, 3.05) is 6.61 Å². The number of ether oxygens (including phenoxy) is 1. The number of benzene rings is 1. The van der Waals surface area contributed by atoms with E-state index >= 15 is 0 Å². The summed E-state index contributed by atoms with van der Waals surface area (Å²) in [7, 11) is 0. The number of hydrogen-bond donors (Lipinski definition) is 0. The van der Waals surface area contributed by atoms with Gasteiger partial charge < -0.3 is 4.74 Å². The molecular formula is C23H37F3O. The molecule has 0 aliphatic rings. The summed E-state index contributed by atoms with van der Waals surface area (Å²) in [5.41, 5.74) is 0.178. The molecule has 0 bridgehead atoms. The van der Waals surface area contributed by atoms with Crippen molar-refractivity contribution in [3.8, 4) is 0 Å². The summed E-state index contributed by atoms with van der Waals surface area (Å²) in [5, 5.41) is 0. The fourth-order valence-electron chi connectivity index (χ4n) is 3.70. The van der Waals surface area contributed by atoms with Crippen LogP contribution < -0.4 is 0 Å². The van der Waals surface area contributed by atoms with Gasteiger partial charge in [0.1, 0.15) is 0 Å². The van der Waals surface area contributed by atoms with Crippen LogP contribution in [0.25, 0.3) is 0 Å². The predicted molar refractivity (Wildman–Crippen MR) is 107 cm³/mol. The third kappa shape index (κ3) is 9.14. The van der Waals surface area contributed by atoms with Gasteiger partial charge in [0, 0.05) is 6.61 Å². The molecule has 0 spiro atoms. The molecule has 0 heterocycles. The zero-order valence-electron chi connectivity index (χ0n) is 17.5. The normalized spacial score (nSPS) is 13.7. The van der Waals surface area contributed by atoms with Crippen LogP contribution in [0.4, 0.5) is 13.2 Å². The van der Waals surface area contributed by atoms with Crippen LogP contribution in [-0.4, -0.2) is 12.2 Å². The first-order valence-corrected chi connectivity index (χ1v) is 10.5. The van der Waals surface area contributed by atoms with Gasteiger partial charge >= 0.3 is 6.18 Å². The van der Waals surface area contributed by atoms with Crippen molar-refractivity contribution in [2.45, 2.75) is 97.3 Å². The van der Waals surface area contributed by atoms with Gasteiger partial charge in [-0.05, 0) is 63.6 Å². The maximum Gasteiger partial charge on any atom is 0.416 e. The quantitative estimate of drug-likeness (QED) is 0.314. The molecular weight excluding hydrogens is 349 g/mol. The number of hydrogen-bond acceptors (Lipinski definition) is 1. The van der Waals surface area contributed by atoms with Gasteiger partial charge in [0.15, 0.2) is 0 Å². The van der Waals surface area contributed by atoms with Crippen LogP contribution in [-0.2, 0) is 17.3 Å². The summed E-state index contributed by atoms with van der Waals surface area (Å²) in [6, 6.07) is 5.59. The summed E-state index contributed by atoms with van der Waals surface area (Å²) in [4.78, 5) is 0. The van der Waals surface area contributed by atoms with Crippen LogP contribution in [0.1, 0.15) is 90.2 Å². The van der Waals surface area contributed by atoms with E-state index in [0.717, 1.165) is 24.8 Å². The minimum absolute atomic E-state index is 0.204. The molecule has 1 aromatic carbocycles. The Hall–Kier alpha value is -1.03. The topological polar surface area (TPSA) is 9.23 Å². The summed E-state index contributed by atoms with van der Waals surface area (Å²) in [5.74, 6) is 0.408. The second-order valence-corrected chi connectivity index (χ2v) is 8.02. The highest BCUT2D eigenvalue weighted by Crippen LogP contribution is 2.32. The van der Waals surface area contributed by atoms with Gasteiger partial charge in [0.05, 0.1) is 11.2 Å². The summed E-state index contributed by atoms with van der Waals surface area (Å²) >= 11 is 0. The molecule has 1 aromatic rings. The number of unbranched alkanes of at least 4 members (excludes halogenated alkanes) is 5. The molecule has 0 radical (unpaired) electrons. The molecule has 156 valence electrons. The van der Waals surface area contributed by atoms with Gasteiger partial charge in [0.25, 0.3) is 0 Å². The lowest BCUT2D eigenvalue weighted by Crippen LogP contribution is -2.35. The molecule has 4 heteroatoms. The lowest BCUT2D eigenvalue weighted by atomic mass is 9.81.